The molecule has 214 valence electrons. The Bertz CT molecular complexity index is 1420. The lowest BCUT2D eigenvalue weighted by atomic mass is 10.1. The number of benzene rings is 3. The van der Waals surface area contributed by atoms with E-state index in [0.717, 1.165) is 4.31 Å². The van der Waals surface area contributed by atoms with Crippen molar-refractivity contribution < 1.29 is 22.7 Å². The van der Waals surface area contributed by atoms with E-state index in [1.54, 1.807) is 67.6 Å². The Hall–Kier alpha value is -3.27. The predicted molar refractivity (Wildman–Crippen MR) is 158 cm³/mol. The molecule has 1 N–H and O–H groups in total. The Morgan fingerprint density at radius 1 is 0.950 bits per heavy atom. The summed E-state index contributed by atoms with van der Waals surface area (Å²) >= 11 is 12.5. The van der Waals surface area contributed by atoms with E-state index in [0.29, 0.717) is 27.9 Å². The van der Waals surface area contributed by atoms with Crippen LogP contribution in [0.25, 0.3) is 0 Å². The van der Waals surface area contributed by atoms with Crippen molar-refractivity contribution in [3.8, 4) is 5.75 Å². The molecular formula is C29H33Cl2N3O5S. The second-order valence-corrected chi connectivity index (χ2v) is 12.3. The van der Waals surface area contributed by atoms with E-state index in [2.05, 4.69) is 5.32 Å². The summed E-state index contributed by atoms with van der Waals surface area (Å²) in [6.45, 7) is 5.35. The summed E-state index contributed by atoms with van der Waals surface area (Å²) in [5.74, 6) is -0.225. The summed E-state index contributed by atoms with van der Waals surface area (Å²) in [4.78, 5) is 28.3. The molecule has 0 unspecified atom stereocenters. The maximum atomic E-state index is 13.9. The van der Waals surface area contributed by atoms with E-state index in [4.69, 9.17) is 27.9 Å². The van der Waals surface area contributed by atoms with Crippen LogP contribution in [-0.2, 0) is 26.2 Å². The van der Waals surface area contributed by atoms with Gasteiger partial charge in [-0.05, 0) is 66.9 Å². The Kier molecular flexibility index (Phi) is 10.8. The van der Waals surface area contributed by atoms with E-state index in [1.807, 2.05) is 13.8 Å². The van der Waals surface area contributed by atoms with E-state index in [9.17, 15) is 18.0 Å². The molecule has 0 saturated heterocycles. The largest absolute Gasteiger partial charge is 0.497 e. The zero-order valence-electron chi connectivity index (χ0n) is 22.8. The van der Waals surface area contributed by atoms with Crippen LogP contribution in [0.4, 0.5) is 5.69 Å². The fraction of sp³-hybridized carbons (Fsp3) is 0.310. The zero-order chi connectivity index (χ0) is 29.4. The smallest absolute Gasteiger partial charge is 0.264 e. The van der Waals surface area contributed by atoms with Crippen LogP contribution in [0, 0.1) is 5.92 Å². The van der Waals surface area contributed by atoms with Crippen molar-refractivity contribution in [2.75, 3.05) is 24.5 Å². The molecule has 3 aromatic carbocycles. The normalized spacial score (nSPS) is 12.1. The van der Waals surface area contributed by atoms with Gasteiger partial charge in [-0.3, -0.25) is 13.9 Å². The number of sulfonamides is 1. The first-order valence-corrected chi connectivity index (χ1v) is 14.9. The van der Waals surface area contributed by atoms with E-state index in [-0.39, 0.29) is 29.0 Å². The number of hydrogen-bond acceptors (Lipinski definition) is 5. The number of amides is 2. The third-order valence-electron chi connectivity index (χ3n) is 6.18. The Labute approximate surface area is 245 Å². The highest BCUT2D eigenvalue weighted by molar-refractivity contribution is 7.92. The number of halogens is 2. The Balaban J connectivity index is 2.02. The molecule has 0 saturated carbocycles. The number of methoxy groups -OCH3 is 1. The molecule has 0 bridgehead atoms. The fourth-order valence-corrected chi connectivity index (χ4v) is 5.77. The van der Waals surface area contributed by atoms with Crippen molar-refractivity contribution in [3.05, 3.63) is 88.4 Å². The van der Waals surface area contributed by atoms with Crippen molar-refractivity contribution in [1.29, 1.82) is 0 Å². The van der Waals surface area contributed by atoms with E-state index >= 15 is 0 Å². The molecule has 8 nitrogen and oxygen atoms in total. The van der Waals surface area contributed by atoms with Gasteiger partial charge < -0.3 is 15.0 Å². The summed E-state index contributed by atoms with van der Waals surface area (Å²) in [7, 11) is -2.65. The van der Waals surface area contributed by atoms with Gasteiger partial charge in [0.15, 0.2) is 0 Å². The lowest BCUT2D eigenvalue weighted by Gasteiger charge is -2.32. The van der Waals surface area contributed by atoms with Gasteiger partial charge in [-0.2, -0.15) is 0 Å². The van der Waals surface area contributed by atoms with Crippen molar-refractivity contribution in [1.82, 2.24) is 10.2 Å². The molecule has 0 heterocycles. The highest BCUT2D eigenvalue weighted by Gasteiger charge is 2.32. The minimum atomic E-state index is -4.16. The quantitative estimate of drug-likeness (QED) is 0.299. The van der Waals surface area contributed by atoms with Crippen LogP contribution in [0.5, 0.6) is 5.75 Å². The van der Waals surface area contributed by atoms with Crippen LogP contribution in [0.3, 0.4) is 0 Å². The van der Waals surface area contributed by atoms with Crippen LogP contribution in [0.1, 0.15) is 26.3 Å². The summed E-state index contributed by atoms with van der Waals surface area (Å²) in [5, 5.41) is 3.60. The minimum absolute atomic E-state index is 0.0219. The Morgan fingerprint density at radius 3 is 2.17 bits per heavy atom. The van der Waals surface area contributed by atoms with Crippen LogP contribution in [0.2, 0.25) is 10.0 Å². The minimum Gasteiger partial charge on any atom is -0.497 e. The van der Waals surface area contributed by atoms with Crippen molar-refractivity contribution in [2.24, 2.45) is 5.92 Å². The fourth-order valence-electron chi connectivity index (χ4n) is 3.87. The number of anilines is 1. The highest BCUT2D eigenvalue weighted by atomic mass is 35.5. The van der Waals surface area contributed by atoms with Gasteiger partial charge in [0.25, 0.3) is 10.0 Å². The third-order valence-corrected chi connectivity index (χ3v) is 8.55. The molecule has 0 aliphatic carbocycles. The summed E-state index contributed by atoms with van der Waals surface area (Å²) < 4.78 is 33.8. The number of nitrogens with zero attached hydrogens (tertiary/aromatic N) is 2. The van der Waals surface area contributed by atoms with Crippen molar-refractivity contribution >= 4 is 50.7 Å². The molecule has 3 aromatic rings. The van der Waals surface area contributed by atoms with E-state index in [1.165, 1.54) is 24.1 Å². The molecule has 0 spiro atoms. The van der Waals surface area contributed by atoms with Crippen LogP contribution in [0.15, 0.2) is 77.7 Å². The van der Waals surface area contributed by atoms with Gasteiger partial charge >= 0.3 is 0 Å². The van der Waals surface area contributed by atoms with Crippen LogP contribution in [-0.4, -0.2) is 51.4 Å². The van der Waals surface area contributed by atoms with Gasteiger partial charge in [0.1, 0.15) is 18.3 Å². The molecular weight excluding hydrogens is 573 g/mol. The van der Waals surface area contributed by atoms with Crippen LogP contribution >= 0.6 is 23.2 Å². The first-order valence-electron chi connectivity index (χ1n) is 12.7. The monoisotopic (exact) mass is 605 g/mol. The number of nitrogens with one attached hydrogen (secondary N) is 1. The van der Waals surface area contributed by atoms with Crippen molar-refractivity contribution in [2.45, 2.75) is 38.3 Å². The second kappa shape index (κ2) is 13.9. The molecule has 40 heavy (non-hydrogen) atoms. The summed E-state index contributed by atoms with van der Waals surface area (Å²) in [5.41, 5.74) is 0.823. The highest BCUT2D eigenvalue weighted by Crippen LogP contribution is 2.27. The van der Waals surface area contributed by atoms with Crippen LogP contribution < -0.4 is 14.4 Å². The average molecular weight is 607 g/mol. The number of rotatable bonds is 12. The molecule has 3 rings (SSSR count). The predicted octanol–water partition coefficient (Wildman–Crippen LogP) is 5.39. The van der Waals surface area contributed by atoms with E-state index < -0.39 is 28.5 Å². The SMILES string of the molecule is COc1ccc(N(CC(=O)N(Cc2ccc(Cl)cc2Cl)[C@H](C)C(=O)NCC(C)C)S(=O)(=O)c2ccccc2)cc1. The molecule has 1 atom stereocenters. The molecule has 0 aliphatic heterocycles. The lowest BCUT2D eigenvalue weighted by Crippen LogP contribution is -2.51. The van der Waals surface area contributed by atoms with Gasteiger partial charge in [-0.1, -0.05) is 61.3 Å². The summed E-state index contributed by atoms with van der Waals surface area (Å²) in [6.07, 6.45) is 0. The topological polar surface area (TPSA) is 96.0 Å². The maximum Gasteiger partial charge on any atom is 0.264 e. The molecule has 0 radical (unpaired) electrons. The maximum absolute atomic E-state index is 13.9. The Morgan fingerprint density at radius 2 is 1.60 bits per heavy atom. The second-order valence-electron chi connectivity index (χ2n) is 9.60. The molecule has 0 aromatic heterocycles. The number of ether oxygens (including phenoxy) is 1. The van der Waals surface area contributed by atoms with Gasteiger partial charge in [-0.15, -0.1) is 0 Å². The van der Waals surface area contributed by atoms with Gasteiger partial charge in [0, 0.05) is 23.1 Å². The lowest BCUT2D eigenvalue weighted by molar-refractivity contribution is -0.139. The molecule has 11 heteroatoms. The summed E-state index contributed by atoms with van der Waals surface area (Å²) in [6, 6.07) is 18.1. The van der Waals surface area contributed by atoms with Crippen molar-refractivity contribution in [3.63, 3.8) is 0 Å². The van der Waals surface area contributed by atoms with Gasteiger partial charge in [-0.25, -0.2) is 8.42 Å². The number of hydrogen-bond donors (Lipinski definition) is 1. The third kappa shape index (κ3) is 7.90. The number of carbonyl (C=O) groups excluding carboxylic acids is 2. The molecule has 0 aliphatic rings. The standard InChI is InChI=1S/C29H33Cl2N3O5S/c1-20(2)17-32-29(36)21(3)33(18-22-10-11-23(30)16-27(22)31)28(35)19-34(24-12-14-25(39-4)15-13-24)40(37,38)26-8-6-5-7-9-26/h5-16,20-21H,17-19H2,1-4H3,(H,32,36)/t21-/m1/s1. The number of carbonyl (C=O) groups is 2. The van der Waals surface area contributed by atoms with Gasteiger partial charge in [0.05, 0.1) is 17.7 Å². The first kappa shape index (κ1) is 31.3. The average Bonchev–Trinajstić information content (AvgIpc) is 2.94. The van der Waals surface area contributed by atoms with Gasteiger partial charge in [0.2, 0.25) is 11.8 Å². The molecule has 0 fully saturated rings. The molecule has 2 amide bonds. The zero-order valence-corrected chi connectivity index (χ0v) is 25.1. The first-order chi connectivity index (χ1) is 18.9.